The molecule has 140 valence electrons. The normalized spacial score (nSPS) is 23.1. The Hall–Kier alpha value is -1.53. The van der Waals surface area contributed by atoms with Crippen molar-refractivity contribution in [2.45, 2.75) is 51.7 Å². The van der Waals surface area contributed by atoms with Crippen molar-refractivity contribution in [3.63, 3.8) is 0 Å². The van der Waals surface area contributed by atoms with E-state index in [1.165, 1.54) is 12.8 Å². The molecule has 2 N–H and O–H groups in total. The third-order valence-electron chi connectivity index (χ3n) is 4.96. The van der Waals surface area contributed by atoms with E-state index in [4.69, 9.17) is 14.1 Å². The Kier molecular flexibility index (Phi) is 6.76. The van der Waals surface area contributed by atoms with Gasteiger partial charge in [0.05, 0.1) is 18.7 Å². The molecule has 0 bridgehead atoms. The van der Waals surface area contributed by atoms with Crippen molar-refractivity contribution < 1.29 is 9.15 Å². The predicted octanol–water partition coefficient (Wildman–Crippen LogP) is 2.46. The molecule has 3 heterocycles. The Bertz CT molecular complexity index is 545. The molecule has 0 radical (unpaired) electrons. The van der Waals surface area contributed by atoms with Crippen LogP contribution in [0.25, 0.3) is 0 Å². The molecule has 1 aromatic rings. The minimum absolute atomic E-state index is 0.217. The van der Waals surface area contributed by atoms with Crippen LogP contribution in [0.2, 0.25) is 0 Å². The standard InChI is InChI=1S/C19H32N4O2/c1-3-20-19(21-13-16-7-6-12-24-16)22-14-17(23-10-4-5-11-23)18-9-8-15(2)25-18/h8-9,16-17H,3-7,10-14H2,1-2H3,(H2,20,21,22). The molecule has 6 heteroatoms. The van der Waals surface area contributed by atoms with E-state index in [0.29, 0.717) is 12.6 Å². The van der Waals surface area contributed by atoms with Crippen LogP contribution < -0.4 is 10.6 Å². The molecule has 2 unspecified atom stereocenters. The van der Waals surface area contributed by atoms with E-state index in [2.05, 4.69) is 28.5 Å². The van der Waals surface area contributed by atoms with Crippen LogP contribution >= 0.6 is 0 Å². The van der Waals surface area contributed by atoms with E-state index in [0.717, 1.165) is 63.1 Å². The summed E-state index contributed by atoms with van der Waals surface area (Å²) < 4.78 is 11.6. The van der Waals surface area contributed by atoms with Crippen molar-refractivity contribution in [3.05, 3.63) is 23.7 Å². The number of nitrogens with one attached hydrogen (secondary N) is 2. The van der Waals surface area contributed by atoms with Crippen molar-refractivity contribution in [1.29, 1.82) is 0 Å². The zero-order valence-corrected chi connectivity index (χ0v) is 15.6. The Morgan fingerprint density at radius 3 is 2.76 bits per heavy atom. The van der Waals surface area contributed by atoms with Crippen LogP contribution in [0.3, 0.4) is 0 Å². The minimum atomic E-state index is 0.217. The van der Waals surface area contributed by atoms with Crippen molar-refractivity contribution >= 4 is 5.96 Å². The van der Waals surface area contributed by atoms with Crippen LogP contribution in [-0.2, 0) is 4.74 Å². The lowest BCUT2D eigenvalue weighted by molar-refractivity contribution is 0.113. The molecule has 0 saturated carbocycles. The Morgan fingerprint density at radius 1 is 1.28 bits per heavy atom. The summed E-state index contributed by atoms with van der Waals surface area (Å²) in [5.74, 6) is 2.86. The number of aryl methyl sites for hydroxylation is 1. The van der Waals surface area contributed by atoms with E-state index in [9.17, 15) is 0 Å². The molecule has 0 aliphatic carbocycles. The highest BCUT2D eigenvalue weighted by Crippen LogP contribution is 2.26. The molecule has 2 aliphatic rings. The van der Waals surface area contributed by atoms with Gasteiger partial charge in [-0.2, -0.15) is 0 Å². The zero-order chi connectivity index (χ0) is 17.5. The first-order valence-electron chi connectivity index (χ1n) is 9.70. The molecule has 1 aromatic heterocycles. The fraction of sp³-hybridized carbons (Fsp3) is 0.737. The molecular formula is C19H32N4O2. The quantitative estimate of drug-likeness (QED) is 0.585. The lowest BCUT2D eigenvalue weighted by atomic mass is 10.2. The number of ether oxygens (including phenoxy) is 1. The molecule has 2 saturated heterocycles. The molecular weight excluding hydrogens is 316 g/mol. The lowest BCUT2D eigenvalue weighted by Crippen LogP contribution is -2.41. The first-order valence-corrected chi connectivity index (χ1v) is 9.70. The third-order valence-corrected chi connectivity index (χ3v) is 4.96. The first kappa shape index (κ1) is 18.3. The van der Waals surface area contributed by atoms with Gasteiger partial charge in [-0.25, -0.2) is 0 Å². The number of nitrogens with zero attached hydrogens (tertiary/aromatic N) is 2. The number of rotatable bonds is 7. The molecule has 2 aliphatic heterocycles. The van der Waals surface area contributed by atoms with Crippen LogP contribution in [0.4, 0.5) is 0 Å². The molecule has 0 spiro atoms. The summed E-state index contributed by atoms with van der Waals surface area (Å²) >= 11 is 0. The molecule has 0 aromatic carbocycles. The third kappa shape index (κ3) is 5.22. The van der Waals surface area contributed by atoms with E-state index >= 15 is 0 Å². The fourth-order valence-electron chi connectivity index (χ4n) is 3.61. The molecule has 25 heavy (non-hydrogen) atoms. The van der Waals surface area contributed by atoms with Crippen molar-refractivity contribution in [2.75, 3.05) is 39.3 Å². The van der Waals surface area contributed by atoms with Crippen molar-refractivity contribution in [1.82, 2.24) is 15.5 Å². The van der Waals surface area contributed by atoms with Gasteiger partial charge < -0.3 is 19.8 Å². The second kappa shape index (κ2) is 9.25. The Labute approximate surface area is 151 Å². The van der Waals surface area contributed by atoms with E-state index in [1.54, 1.807) is 0 Å². The highest BCUT2D eigenvalue weighted by Gasteiger charge is 2.26. The zero-order valence-electron chi connectivity index (χ0n) is 15.6. The number of hydrogen-bond acceptors (Lipinski definition) is 4. The number of likely N-dealkylation sites (tertiary alicyclic amines) is 1. The maximum Gasteiger partial charge on any atom is 0.191 e. The van der Waals surface area contributed by atoms with Crippen LogP contribution in [-0.4, -0.2) is 56.3 Å². The molecule has 3 rings (SSSR count). The van der Waals surface area contributed by atoms with E-state index < -0.39 is 0 Å². The van der Waals surface area contributed by atoms with Gasteiger partial charge in [-0.1, -0.05) is 0 Å². The Balaban J connectivity index is 1.63. The maximum absolute atomic E-state index is 5.92. The number of aliphatic imine (C=N–C) groups is 1. The van der Waals surface area contributed by atoms with Crippen LogP contribution in [0, 0.1) is 6.92 Å². The monoisotopic (exact) mass is 348 g/mol. The summed E-state index contributed by atoms with van der Waals surface area (Å²) in [5.41, 5.74) is 0. The van der Waals surface area contributed by atoms with Gasteiger partial charge in [-0.15, -0.1) is 0 Å². The summed E-state index contributed by atoms with van der Waals surface area (Å²) in [6, 6.07) is 4.36. The van der Waals surface area contributed by atoms with Gasteiger partial charge in [0.25, 0.3) is 0 Å². The highest BCUT2D eigenvalue weighted by atomic mass is 16.5. The largest absolute Gasteiger partial charge is 0.465 e. The van der Waals surface area contributed by atoms with E-state index in [-0.39, 0.29) is 6.04 Å². The van der Waals surface area contributed by atoms with Crippen LogP contribution in [0.5, 0.6) is 0 Å². The molecule has 0 amide bonds. The van der Waals surface area contributed by atoms with Gasteiger partial charge in [0.1, 0.15) is 11.5 Å². The number of hydrogen-bond donors (Lipinski definition) is 2. The van der Waals surface area contributed by atoms with Crippen molar-refractivity contribution in [3.8, 4) is 0 Å². The van der Waals surface area contributed by atoms with Gasteiger partial charge in [0.2, 0.25) is 0 Å². The van der Waals surface area contributed by atoms with Crippen LogP contribution in [0.15, 0.2) is 21.5 Å². The maximum atomic E-state index is 5.92. The average molecular weight is 348 g/mol. The van der Waals surface area contributed by atoms with Gasteiger partial charge in [-0.3, -0.25) is 9.89 Å². The number of guanidine groups is 1. The summed E-state index contributed by atoms with van der Waals surface area (Å²) in [6.45, 7) is 9.60. The highest BCUT2D eigenvalue weighted by molar-refractivity contribution is 5.79. The summed E-state index contributed by atoms with van der Waals surface area (Å²) in [5, 5.41) is 6.77. The summed E-state index contributed by atoms with van der Waals surface area (Å²) in [7, 11) is 0. The SMILES string of the molecule is CCNC(=NCC(c1ccc(C)o1)N1CCCC1)NCC1CCCO1. The van der Waals surface area contributed by atoms with Gasteiger partial charge in [0.15, 0.2) is 5.96 Å². The minimum Gasteiger partial charge on any atom is -0.465 e. The van der Waals surface area contributed by atoms with Gasteiger partial charge in [-0.05, 0) is 64.8 Å². The smallest absolute Gasteiger partial charge is 0.191 e. The van der Waals surface area contributed by atoms with Gasteiger partial charge in [0, 0.05) is 19.7 Å². The summed E-state index contributed by atoms with van der Waals surface area (Å²) in [6.07, 6.45) is 5.13. The molecule has 2 atom stereocenters. The predicted molar refractivity (Wildman–Crippen MR) is 99.9 cm³/mol. The van der Waals surface area contributed by atoms with Crippen molar-refractivity contribution in [2.24, 2.45) is 4.99 Å². The Morgan fingerprint density at radius 2 is 2.12 bits per heavy atom. The van der Waals surface area contributed by atoms with E-state index in [1.807, 2.05) is 13.0 Å². The fourth-order valence-corrected chi connectivity index (χ4v) is 3.61. The average Bonchev–Trinajstić information content (AvgIpc) is 3.36. The first-order chi connectivity index (χ1) is 12.3. The second-order valence-electron chi connectivity index (χ2n) is 6.94. The topological polar surface area (TPSA) is 62.0 Å². The van der Waals surface area contributed by atoms with Crippen LogP contribution in [0.1, 0.15) is 50.2 Å². The van der Waals surface area contributed by atoms with Gasteiger partial charge >= 0.3 is 0 Å². The molecule has 6 nitrogen and oxygen atoms in total. The summed E-state index contributed by atoms with van der Waals surface area (Å²) in [4.78, 5) is 7.33. The second-order valence-corrected chi connectivity index (χ2v) is 6.94. The molecule has 2 fully saturated rings. The number of furan rings is 1. The lowest BCUT2D eigenvalue weighted by Gasteiger charge is -2.25.